The van der Waals surface area contributed by atoms with Crippen LogP contribution in [0, 0.1) is 0 Å². The first kappa shape index (κ1) is 48.8. The second-order valence-corrected chi connectivity index (χ2v) is 19.4. The van der Waals surface area contributed by atoms with Gasteiger partial charge < -0.3 is 38.2 Å². The standard InChI is InChI=1S/C52H60N4O12/c1-49(2,3)67-43(57)41-27-51(33-53(41)47(61)65-31-37-15-11-9-12-16-37)45(59)56(30-36-21-25-40(64-8)26-22-36)52(46(60)55(51)29-35-19-23-39(63-7)24-20-35)28-42(44(58)68-50(4,5)6)54(34-52)48(62)66-32-38-17-13-10-14-18-38/h9-26,41-42H,27-34H2,1-8H3. The molecule has 16 heteroatoms. The lowest BCUT2D eigenvalue weighted by molar-refractivity contribution is -0.181. The van der Waals surface area contributed by atoms with Gasteiger partial charge in [0.1, 0.15) is 59.1 Å². The van der Waals surface area contributed by atoms with Crippen LogP contribution in [0.4, 0.5) is 9.59 Å². The van der Waals surface area contributed by atoms with Crippen LogP contribution in [-0.4, -0.2) is 117 Å². The van der Waals surface area contributed by atoms with E-state index in [9.17, 15) is 19.2 Å². The van der Waals surface area contributed by atoms with E-state index in [1.54, 1.807) is 139 Å². The number of esters is 2. The highest BCUT2D eigenvalue weighted by atomic mass is 16.6. The van der Waals surface area contributed by atoms with E-state index < -0.39 is 83.4 Å². The smallest absolute Gasteiger partial charge is 0.410 e. The van der Waals surface area contributed by atoms with Crippen LogP contribution in [0.15, 0.2) is 109 Å². The van der Waals surface area contributed by atoms with Crippen molar-refractivity contribution >= 4 is 35.9 Å². The Labute approximate surface area is 396 Å². The highest BCUT2D eigenvalue weighted by Gasteiger charge is 2.71. The summed E-state index contributed by atoms with van der Waals surface area (Å²) in [5.41, 5.74) is -3.26. The third kappa shape index (κ3) is 10.5. The Balaban J connectivity index is 1.38. The van der Waals surface area contributed by atoms with Crippen molar-refractivity contribution in [2.75, 3.05) is 27.3 Å². The molecule has 0 aromatic heterocycles. The number of ether oxygens (including phenoxy) is 6. The first-order chi connectivity index (χ1) is 32.3. The molecule has 4 aromatic rings. The van der Waals surface area contributed by atoms with Gasteiger partial charge >= 0.3 is 24.1 Å². The molecule has 3 fully saturated rings. The van der Waals surface area contributed by atoms with Crippen molar-refractivity contribution in [3.8, 4) is 11.5 Å². The van der Waals surface area contributed by atoms with Crippen LogP contribution >= 0.6 is 0 Å². The summed E-state index contributed by atoms with van der Waals surface area (Å²) in [5.74, 6) is -1.76. The Morgan fingerprint density at radius 3 is 1.16 bits per heavy atom. The molecule has 16 nitrogen and oxygen atoms in total. The number of likely N-dealkylation sites (tertiary alicyclic amines) is 2. The van der Waals surface area contributed by atoms with Crippen molar-refractivity contribution in [2.24, 2.45) is 0 Å². The Hall–Kier alpha value is -7.10. The summed E-state index contributed by atoms with van der Waals surface area (Å²) in [6.07, 6.45) is -2.52. The van der Waals surface area contributed by atoms with Gasteiger partial charge in [-0.1, -0.05) is 84.9 Å². The number of carbonyl (C=O) groups excluding carboxylic acids is 6. The van der Waals surface area contributed by atoms with E-state index in [1.165, 1.54) is 24.0 Å². The highest BCUT2D eigenvalue weighted by Crippen LogP contribution is 2.48. The summed E-state index contributed by atoms with van der Waals surface area (Å²) in [6, 6.07) is 29.1. The van der Waals surface area contributed by atoms with Gasteiger partial charge in [-0.2, -0.15) is 0 Å². The number of benzene rings is 4. The minimum absolute atomic E-state index is 0.137. The molecule has 4 unspecified atom stereocenters. The topological polar surface area (TPSA) is 171 Å². The molecule has 2 spiro atoms. The number of nitrogens with zero attached hydrogens (tertiary/aromatic N) is 4. The van der Waals surface area contributed by atoms with Crippen LogP contribution in [0.2, 0.25) is 0 Å². The van der Waals surface area contributed by atoms with Gasteiger partial charge in [0.15, 0.2) is 0 Å². The van der Waals surface area contributed by atoms with E-state index in [2.05, 4.69) is 0 Å². The predicted molar refractivity (Wildman–Crippen MR) is 248 cm³/mol. The van der Waals surface area contributed by atoms with E-state index in [0.717, 1.165) is 9.80 Å². The Kier molecular flexibility index (Phi) is 14.1. The van der Waals surface area contributed by atoms with Gasteiger partial charge in [-0.15, -0.1) is 0 Å². The van der Waals surface area contributed by atoms with E-state index in [1.807, 2.05) is 12.1 Å². The molecule has 3 aliphatic rings. The summed E-state index contributed by atoms with van der Waals surface area (Å²) >= 11 is 0. The van der Waals surface area contributed by atoms with E-state index in [4.69, 9.17) is 28.4 Å². The van der Waals surface area contributed by atoms with E-state index >= 15 is 9.59 Å². The first-order valence-electron chi connectivity index (χ1n) is 22.6. The second-order valence-electron chi connectivity index (χ2n) is 19.4. The molecular weight excluding hydrogens is 873 g/mol. The monoisotopic (exact) mass is 932 g/mol. The SMILES string of the molecule is COc1ccc(CN2C(=O)C3(CC(C(=O)OC(C)(C)C)N(C(=O)OCc4ccccc4)C3)N(Cc3ccc(OC)cc3)C(=O)C23CC(C(=O)OC(C)(C)C)N(C(=O)OCc2ccccc2)C3)cc1. The molecule has 0 radical (unpaired) electrons. The molecule has 4 aromatic carbocycles. The fourth-order valence-electron chi connectivity index (χ4n) is 9.02. The van der Waals surface area contributed by atoms with E-state index in [0.29, 0.717) is 33.8 Å². The summed E-state index contributed by atoms with van der Waals surface area (Å²) in [6.45, 7) is 8.59. The maximum absolute atomic E-state index is 16.3. The molecule has 360 valence electrons. The molecule has 3 saturated heterocycles. The number of rotatable bonds is 12. The van der Waals surface area contributed by atoms with Crippen molar-refractivity contribution in [2.45, 2.75) is 115 Å². The summed E-state index contributed by atoms with van der Waals surface area (Å²) in [5, 5.41) is 0. The Bertz CT molecular complexity index is 2300. The summed E-state index contributed by atoms with van der Waals surface area (Å²) < 4.78 is 34.3. The van der Waals surface area contributed by atoms with Crippen LogP contribution in [0.3, 0.4) is 0 Å². The molecule has 3 aliphatic heterocycles. The normalized spacial score (nSPS) is 21.5. The lowest BCUT2D eigenvalue weighted by atomic mass is 9.79. The van der Waals surface area contributed by atoms with Crippen molar-refractivity contribution < 1.29 is 57.2 Å². The van der Waals surface area contributed by atoms with Crippen molar-refractivity contribution in [1.29, 1.82) is 0 Å². The van der Waals surface area contributed by atoms with Crippen LogP contribution in [0.25, 0.3) is 0 Å². The van der Waals surface area contributed by atoms with Gasteiger partial charge in [0.25, 0.3) is 11.8 Å². The van der Waals surface area contributed by atoms with Crippen molar-refractivity contribution in [1.82, 2.24) is 19.6 Å². The second kappa shape index (κ2) is 19.6. The fourth-order valence-corrected chi connectivity index (χ4v) is 9.02. The maximum atomic E-state index is 16.3. The summed E-state index contributed by atoms with van der Waals surface area (Å²) in [7, 11) is 3.05. The zero-order valence-electron chi connectivity index (χ0n) is 39.9. The van der Waals surface area contributed by atoms with Crippen molar-refractivity contribution in [3.05, 3.63) is 131 Å². The molecule has 3 heterocycles. The molecular formula is C52H60N4O12. The van der Waals surface area contributed by atoms with Crippen molar-refractivity contribution in [3.63, 3.8) is 0 Å². The number of hydrogen-bond donors (Lipinski definition) is 0. The number of piperazine rings is 1. The number of amides is 4. The minimum atomic E-state index is -1.91. The molecule has 0 saturated carbocycles. The van der Waals surface area contributed by atoms with Gasteiger partial charge in [0.05, 0.1) is 27.3 Å². The average Bonchev–Trinajstić information content (AvgIpc) is 3.93. The van der Waals surface area contributed by atoms with E-state index in [-0.39, 0.29) is 39.1 Å². The highest BCUT2D eigenvalue weighted by molar-refractivity contribution is 6.05. The third-order valence-corrected chi connectivity index (χ3v) is 12.2. The molecule has 4 atom stereocenters. The zero-order chi connectivity index (χ0) is 49.0. The largest absolute Gasteiger partial charge is 0.497 e. The molecule has 68 heavy (non-hydrogen) atoms. The zero-order valence-corrected chi connectivity index (χ0v) is 39.9. The van der Waals surface area contributed by atoms with Crippen LogP contribution < -0.4 is 9.47 Å². The van der Waals surface area contributed by atoms with Gasteiger partial charge in [0.2, 0.25) is 0 Å². The van der Waals surface area contributed by atoms with Gasteiger partial charge in [-0.3, -0.25) is 19.4 Å². The molecule has 7 rings (SSSR count). The maximum Gasteiger partial charge on any atom is 0.410 e. The quantitative estimate of drug-likeness (QED) is 0.105. The Morgan fingerprint density at radius 2 is 0.853 bits per heavy atom. The van der Waals surface area contributed by atoms with Crippen LogP contribution in [0.1, 0.15) is 76.6 Å². The molecule has 0 aliphatic carbocycles. The third-order valence-electron chi connectivity index (χ3n) is 12.2. The van der Waals surface area contributed by atoms with Gasteiger partial charge in [0, 0.05) is 25.9 Å². The van der Waals surface area contributed by atoms with Crippen LogP contribution in [0.5, 0.6) is 11.5 Å². The molecule has 0 N–H and O–H groups in total. The fraction of sp³-hybridized carbons (Fsp3) is 0.423. The Morgan fingerprint density at radius 1 is 0.515 bits per heavy atom. The van der Waals surface area contributed by atoms with Crippen LogP contribution in [-0.2, 0) is 64.4 Å². The first-order valence-corrected chi connectivity index (χ1v) is 22.6. The average molecular weight is 933 g/mol. The lowest BCUT2D eigenvalue weighted by Crippen LogP contribution is -2.77. The summed E-state index contributed by atoms with van der Waals surface area (Å²) in [4.78, 5) is 95.2. The van der Waals surface area contributed by atoms with Gasteiger partial charge in [-0.25, -0.2) is 19.2 Å². The number of carbonyl (C=O) groups is 6. The number of hydrogen-bond acceptors (Lipinski definition) is 12. The molecule has 0 bridgehead atoms. The molecule has 4 amide bonds. The predicted octanol–water partition coefficient (Wildman–Crippen LogP) is 7.06. The minimum Gasteiger partial charge on any atom is -0.497 e. The number of methoxy groups -OCH3 is 2. The van der Waals surface area contributed by atoms with Gasteiger partial charge in [-0.05, 0) is 88.1 Å². The lowest BCUT2D eigenvalue weighted by Gasteiger charge is -2.55.